The summed E-state index contributed by atoms with van der Waals surface area (Å²) in [7, 11) is 1.90. The van der Waals surface area contributed by atoms with Crippen molar-refractivity contribution < 1.29 is 9.50 Å². The SMILES string of the molecule is Cn1nccc1CCc1nc(-c2cnn(CCO)c2)nn1-c1cccc(F)c1. The van der Waals surface area contributed by atoms with Crippen LogP contribution in [0.5, 0.6) is 0 Å². The molecule has 4 aromatic rings. The summed E-state index contributed by atoms with van der Waals surface area (Å²) >= 11 is 0. The Bertz CT molecular complexity index is 1080. The van der Waals surface area contributed by atoms with Crippen molar-refractivity contribution in [2.45, 2.75) is 19.4 Å². The number of hydrogen-bond donors (Lipinski definition) is 1. The smallest absolute Gasteiger partial charge is 0.185 e. The number of aromatic nitrogens is 7. The van der Waals surface area contributed by atoms with Crippen molar-refractivity contribution in [1.82, 2.24) is 34.3 Å². The van der Waals surface area contributed by atoms with Crippen LogP contribution in [0.1, 0.15) is 11.5 Å². The van der Waals surface area contributed by atoms with E-state index < -0.39 is 0 Å². The third kappa shape index (κ3) is 3.70. The van der Waals surface area contributed by atoms with Gasteiger partial charge in [0.2, 0.25) is 0 Å². The maximum atomic E-state index is 13.8. The van der Waals surface area contributed by atoms with Crippen molar-refractivity contribution in [1.29, 1.82) is 0 Å². The van der Waals surface area contributed by atoms with E-state index in [1.54, 1.807) is 40.1 Å². The number of rotatable bonds is 7. The second-order valence-corrected chi connectivity index (χ2v) is 6.41. The fourth-order valence-electron chi connectivity index (χ4n) is 3.03. The third-order valence-electron chi connectivity index (χ3n) is 4.47. The molecule has 0 unspecified atom stereocenters. The lowest BCUT2D eigenvalue weighted by Crippen LogP contribution is -2.07. The minimum atomic E-state index is -0.331. The van der Waals surface area contributed by atoms with Crippen molar-refractivity contribution in [2.24, 2.45) is 7.05 Å². The molecule has 0 bridgehead atoms. The molecule has 1 aromatic carbocycles. The minimum absolute atomic E-state index is 0.00221. The number of hydrogen-bond acceptors (Lipinski definition) is 5. The standard InChI is InChI=1S/C19H20FN7O/c1-25-16(7-8-21-25)5-6-18-23-19(14-12-22-26(13-14)9-10-28)24-27(18)17-4-2-3-15(20)11-17/h2-4,7-8,11-13,28H,5-6,9-10H2,1H3. The Morgan fingerprint density at radius 1 is 1.14 bits per heavy atom. The highest BCUT2D eigenvalue weighted by molar-refractivity contribution is 5.52. The summed E-state index contributed by atoms with van der Waals surface area (Å²) in [4.78, 5) is 4.67. The van der Waals surface area contributed by atoms with Crippen LogP contribution in [0.15, 0.2) is 48.9 Å². The van der Waals surface area contributed by atoms with Crippen molar-refractivity contribution in [3.05, 3.63) is 66.3 Å². The van der Waals surface area contributed by atoms with Crippen molar-refractivity contribution in [2.75, 3.05) is 6.61 Å². The number of halogens is 1. The Hall–Kier alpha value is -3.33. The van der Waals surface area contributed by atoms with Gasteiger partial charge in [-0.05, 0) is 30.7 Å². The average Bonchev–Trinajstić information content (AvgIpc) is 3.40. The second kappa shape index (κ2) is 7.73. The van der Waals surface area contributed by atoms with Crippen LogP contribution in [0.4, 0.5) is 4.39 Å². The summed E-state index contributed by atoms with van der Waals surface area (Å²) in [6, 6.07) is 8.24. The number of nitrogens with zero attached hydrogens (tertiary/aromatic N) is 7. The molecule has 1 N–H and O–H groups in total. The van der Waals surface area contributed by atoms with E-state index in [4.69, 9.17) is 5.11 Å². The summed E-state index contributed by atoms with van der Waals surface area (Å²) in [5.74, 6) is 0.896. The van der Waals surface area contributed by atoms with Gasteiger partial charge in [-0.1, -0.05) is 6.07 Å². The van der Waals surface area contributed by atoms with Crippen LogP contribution in [-0.4, -0.2) is 46.0 Å². The molecular weight excluding hydrogens is 361 g/mol. The molecule has 4 rings (SSSR count). The largest absolute Gasteiger partial charge is 0.394 e. The molecule has 0 fully saturated rings. The van der Waals surface area contributed by atoms with E-state index >= 15 is 0 Å². The molecule has 0 aliphatic heterocycles. The Labute approximate surface area is 160 Å². The molecule has 0 radical (unpaired) electrons. The summed E-state index contributed by atoms with van der Waals surface area (Å²) in [5, 5.41) is 22.0. The van der Waals surface area contributed by atoms with Crippen LogP contribution in [0.2, 0.25) is 0 Å². The molecule has 0 saturated heterocycles. The van der Waals surface area contributed by atoms with Gasteiger partial charge in [0.25, 0.3) is 0 Å². The van der Waals surface area contributed by atoms with E-state index in [-0.39, 0.29) is 12.4 Å². The third-order valence-corrected chi connectivity index (χ3v) is 4.47. The predicted octanol–water partition coefficient (Wildman–Crippen LogP) is 1.78. The van der Waals surface area contributed by atoms with Gasteiger partial charge in [-0.3, -0.25) is 9.36 Å². The first-order chi connectivity index (χ1) is 13.6. The molecule has 0 aliphatic rings. The van der Waals surface area contributed by atoms with E-state index in [1.165, 1.54) is 12.1 Å². The molecule has 28 heavy (non-hydrogen) atoms. The summed E-state index contributed by atoms with van der Waals surface area (Å²) < 4.78 is 18.9. The van der Waals surface area contributed by atoms with E-state index in [9.17, 15) is 4.39 Å². The molecular formula is C19H20FN7O. The van der Waals surface area contributed by atoms with Gasteiger partial charge in [-0.25, -0.2) is 14.1 Å². The molecule has 0 saturated carbocycles. The van der Waals surface area contributed by atoms with Gasteiger partial charge in [0.1, 0.15) is 11.6 Å². The van der Waals surface area contributed by atoms with Crippen LogP contribution in [-0.2, 0) is 26.4 Å². The molecule has 3 aromatic heterocycles. The van der Waals surface area contributed by atoms with Gasteiger partial charge in [-0.15, -0.1) is 5.10 Å². The highest BCUT2D eigenvalue weighted by Crippen LogP contribution is 2.20. The lowest BCUT2D eigenvalue weighted by molar-refractivity contribution is 0.269. The Morgan fingerprint density at radius 2 is 2.04 bits per heavy atom. The average molecular weight is 381 g/mol. The van der Waals surface area contributed by atoms with Crippen molar-refractivity contribution in [3.8, 4) is 17.1 Å². The van der Waals surface area contributed by atoms with Crippen molar-refractivity contribution >= 4 is 0 Å². The molecule has 0 atom stereocenters. The highest BCUT2D eigenvalue weighted by Gasteiger charge is 2.15. The first-order valence-corrected chi connectivity index (χ1v) is 8.96. The van der Waals surface area contributed by atoms with E-state index in [2.05, 4.69) is 20.3 Å². The van der Waals surface area contributed by atoms with Gasteiger partial charge in [-0.2, -0.15) is 10.2 Å². The fourth-order valence-corrected chi connectivity index (χ4v) is 3.03. The van der Waals surface area contributed by atoms with Gasteiger partial charge in [0.15, 0.2) is 5.82 Å². The van der Waals surface area contributed by atoms with Gasteiger partial charge >= 0.3 is 0 Å². The summed E-state index contributed by atoms with van der Waals surface area (Å²) in [6.07, 6.45) is 6.55. The lowest BCUT2D eigenvalue weighted by Gasteiger charge is -2.06. The lowest BCUT2D eigenvalue weighted by atomic mass is 10.2. The summed E-state index contributed by atoms with van der Waals surface area (Å²) in [6.45, 7) is 0.403. The second-order valence-electron chi connectivity index (χ2n) is 6.41. The molecule has 0 aliphatic carbocycles. The van der Waals surface area contributed by atoms with Gasteiger partial charge in [0, 0.05) is 31.6 Å². The molecule has 8 nitrogen and oxygen atoms in total. The zero-order chi connectivity index (χ0) is 19.5. The number of benzene rings is 1. The van der Waals surface area contributed by atoms with E-state index in [0.29, 0.717) is 24.5 Å². The monoisotopic (exact) mass is 381 g/mol. The molecule has 144 valence electrons. The first kappa shape index (κ1) is 18.1. The molecule has 9 heteroatoms. The Morgan fingerprint density at radius 3 is 2.79 bits per heavy atom. The molecule has 0 amide bonds. The molecule has 3 heterocycles. The zero-order valence-corrected chi connectivity index (χ0v) is 15.4. The zero-order valence-electron chi connectivity index (χ0n) is 15.4. The van der Waals surface area contributed by atoms with Crippen LogP contribution in [0, 0.1) is 5.82 Å². The highest BCUT2D eigenvalue weighted by atomic mass is 19.1. The fraction of sp³-hybridized carbons (Fsp3) is 0.263. The Kier molecular flexibility index (Phi) is 4.98. The van der Waals surface area contributed by atoms with Crippen LogP contribution >= 0.6 is 0 Å². The number of aliphatic hydroxyl groups excluding tert-OH is 1. The number of aryl methyl sites for hydroxylation is 3. The predicted molar refractivity (Wildman–Crippen MR) is 100 cm³/mol. The maximum absolute atomic E-state index is 13.8. The van der Waals surface area contributed by atoms with Crippen LogP contribution in [0.25, 0.3) is 17.1 Å². The summed E-state index contributed by atoms with van der Waals surface area (Å²) in [5.41, 5.74) is 2.43. The maximum Gasteiger partial charge on any atom is 0.185 e. The quantitative estimate of drug-likeness (QED) is 0.527. The normalized spacial score (nSPS) is 11.2. The topological polar surface area (TPSA) is 86.6 Å². The van der Waals surface area contributed by atoms with E-state index in [0.717, 1.165) is 23.5 Å². The van der Waals surface area contributed by atoms with Crippen molar-refractivity contribution in [3.63, 3.8) is 0 Å². The van der Waals surface area contributed by atoms with Crippen LogP contribution < -0.4 is 0 Å². The first-order valence-electron chi connectivity index (χ1n) is 8.96. The van der Waals surface area contributed by atoms with Gasteiger partial charge in [0.05, 0.1) is 30.6 Å². The Balaban J connectivity index is 1.69. The van der Waals surface area contributed by atoms with E-state index in [1.807, 2.05) is 17.8 Å². The van der Waals surface area contributed by atoms with Crippen LogP contribution in [0.3, 0.4) is 0 Å². The van der Waals surface area contributed by atoms with Gasteiger partial charge < -0.3 is 5.11 Å². The molecule has 0 spiro atoms. The number of aliphatic hydroxyl groups is 1. The minimum Gasteiger partial charge on any atom is -0.394 e.